The maximum absolute atomic E-state index is 12.8. The zero-order valence-electron chi connectivity index (χ0n) is 19.0. The minimum atomic E-state index is -4.41. The van der Waals surface area contributed by atoms with Crippen LogP contribution in [0.25, 0.3) is 6.08 Å². The minimum absolute atomic E-state index is 0.316. The lowest BCUT2D eigenvalue weighted by atomic mass is 9.96. The second-order valence-electron chi connectivity index (χ2n) is 8.22. The number of aliphatic hydroxyl groups is 3. The number of hydrogen-bond acceptors (Lipinski definition) is 10. The zero-order valence-corrected chi connectivity index (χ0v) is 19.8. The smallest absolute Gasteiger partial charge is 0.251 e. The maximum atomic E-state index is 12.8. The first-order valence-corrected chi connectivity index (χ1v) is 12.7. The van der Waals surface area contributed by atoms with E-state index in [4.69, 9.17) is 9.47 Å². The largest absolute Gasteiger partial charge is 0.388 e. The van der Waals surface area contributed by atoms with Crippen molar-refractivity contribution < 1.29 is 33.2 Å². The SMILES string of the molecule is CC[C@H]1OC(O)[C@H](NS(=O)(=O)/C(C#N)=C/c2ccc(NCCN3CCOCC3)cc2)[C@@H](O)[C@@H]1O. The highest BCUT2D eigenvalue weighted by Crippen LogP contribution is 2.24. The van der Waals surface area contributed by atoms with E-state index in [1.807, 2.05) is 0 Å². The van der Waals surface area contributed by atoms with Crippen molar-refractivity contribution in [2.24, 2.45) is 0 Å². The van der Waals surface area contributed by atoms with Crippen LogP contribution in [0, 0.1) is 11.3 Å². The number of hydrogen-bond donors (Lipinski definition) is 5. The summed E-state index contributed by atoms with van der Waals surface area (Å²) in [5.74, 6) is 0. The third-order valence-corrected chi connectivity index (χ3v) is 7.25. The first-order valence-electron chi connectivity index (χ1n) is 11.2. The second-order valence-corrected chi connectivity index (χ2v) is 9.91. The molecular formula is C22H32N4O7S. The molecule has 2 saturated heterocycles. The molecule has 1 unspecified atom stereocenters. The molecule has 0 amide bonds. The standard InChI is InChI=1S/C22H32N4O7S/c1-2-18-20(27)21(28)19(22(29)33-18)25-34(30,31)17(14-23)13-15-3-5-16(6-4-15)24-7-8-26-9-11-32-12-10-26/h3-6,13,18-22,24-25,27-29H,2,7-12H2,1H3/b17-13+/t18-,19-,20-,21-,22?/m1/s1. The fourth-order valence-corrected chi connectivity index (χ4v) is 5.01. The minimum Gasteiger partial charge on any atom is -0.388 e. The summed E-state index contributed by atoms with van der Waals surface area (Å²) in [6.07, 6.45) is -4.01. The van der Waals surface area contributed by atoms with Gasteiger partial charge < -0.3 is 30.1 Å². The van der Waals surface area contributed by atoms with Crippen LogP contribution in [0.1, 0.15) is 18.9 Å². The Morgan fingerprint density at radius 2 is 1.88 bits per heavy atom. The van der Waals surface area contributed by atoms with E-state index in [0.717, 1.165) is 45.1 Å². The molecule has 2 fully saturated rings. The fourth-order valence-electron chi connectivity index (χ4n) is 3.86. The van der Waals surface area contributed by atoms with E-state index >= 15 is 0 Å². The molecule has 1 aromatic carbocycles. The predicted octanol–water partition coefficient (Wildman–Crippen LogP) is -0.568. The van der Waals surface area contributed by atoms with E-state index in [-0.39, 0.29) is 0 Å². The topological polar surface area (TPSA) is 164 Å². The number of anilines is 1. The summed E-state index contributed by atoms with van der Waals surface area (Å²) in [5, 5.41) is 43.2. The number of morpholine rings is 1. The van der Waals surface area contributed by atoms with Gasteiger partial charge in [0.05, 0.1) is 19.3 Å². The van der Waals surface area contributed by atoms with Crippen LogP contribution in [0.3, 0.4) is 0 Å². The lowest BCUT2D eigenvalue weighted by Gasteiger charge is -2.40. The number of nitrogens with one attached hydrogen (secondary N) is 2. The lowest BCUT2D eigenvalue weighted by Crippen LogP contribution is -2.63. The van der Waals surface area contributed by atoms with Gasteiger partial charge in [0.1, 0.15) is 24.3 Å². The summed E-state index contributed by atoms with van der Waals surface area (Å²) >= 11 is 0. The Kier molecular flexibility index (Phi) is 9.40. The van der Waals surface area contributed by atoms with Crippen molar-refractivity contribution in [3.63, 3.8) is 0 Å². The van der Waals surface area contributed by atoms with Crippen molar-refractivity contribution in [2.45, 2.75) is 44.0 Å². The molecule has 0 radical (unpaired) electrons. The Bertz CT molecular complexity index is 974. The molecule has 1 aromatic rings. The van der Waals surface area contributed by atoms with Crippen molar-refractivity contribution in [1.82, 2.24) is 9.62 Å². The summed E-state index contributed by atoms with van der Waals surface area (Å²) in [6.45, 7) is 6.62. The highest BCUT2D eigenvalue weighted by molar-refractivity contribution is 7.93. The van der Waals surface area contributed by atoms with Crippen LogP contribution in [0.5, 0.6) is 0 Å². The lowest BCUT2D eigenvalue weighted by molar-refractivity contribution is -0.244. The summed E-state index contributed by atoms with van der Waals surface area (Å²) in [5.41, 5.74) is 1.34. The number of rotatable bonds is 9. The number of nitriles is 1. The van der Waals surface area contributed by atoms with Gasteiger partial charge in [-0.3, -0.25) is 4.90 Å². The summed E-state index contributed by atoms with van der Waals surface area (Å²) in [7, 11) is -4.41. The van der Waals surface area contributed by atoms with E-state index in [0.29, 0.717) is 12.0 Å². The van der Waals surface area contributed by atoms with Gasteiger partial charge in [0.15, 0.2) is 11.2 Å². The molecular weight excluding hydrogens is 464 g/mol. The molecule has 2 aliphatic heterocycles. The second kappa shape index (κ2) is 12.1. The monoisotopic (exact) mass is 496 g/mol. The average molecular weight is 497 g/mol. The van der Waals surface area contributed by atoms with Gasteiger partial charge in [-0.15, -0.1) is 0 Å². The predicted molar refractivity (Wildman–Crippen MR) is 125 cm³/mol. The zero-order chi connectivity index (χ0) is 24.7. The van der Waals surface area contributed by atoms with Gasteiger partial charge in [0, 0.05) is 31.9 Å². The van der Waals surface area contributed by atoms with Gasteiger partial charge in [0.2, 0.25) is 0 Å². The first-order chi connectivity index (χ1) is 16.2. The van der Waals surface area contributed by atoms with Gasteiger partial charge in [-0.25, -0.2) is 8.42 Å². The quantitative estimate of drug-likeness (QED) is 0.280. The average Bonchev–Trinajstić information content (AvgIpc) is 2.84. The summed E-state index contributed by atoms with van der Waals surface area (Å²) in [6, 6.07) is 7.02. The van der Waals surface area contributed by atoms with Crippen LogP contribution < -0.4 is 10.0 Å². The molecule has 5 N–H and O–H groups in total. The molecule has 0 aromatic heterocycles. The third kappa shape index (κ3) is 6.74. The molecule has 2 heterocycles. The van der Waals surface area contributed by atoms with Crippen molar-refractivity contribution >= 4 is 21.8 Å². The Hall–Kier alpha value is -2.08. The number of aliphatic hydroxyl groups excluding tert-OH is 3. The van der Waals surface area contributed by atoms with Gasteiger partial charge in [-0.1, -0.05) is 19.1 Å². The molecule has 11 nitrogen and oxygen atoms in total. The summed E-state index contributed by atoms with van der Waals surface area (Å²) in [4.78, 5) is 1.70. The number of allylic oxidation sites excluding steroid dienone is 1. The number of ether oxygens (including phenoxy) is 2. The molecule has 5 atom stereocenters. The first kappa shape index (κ1) is 26.5. The van der Waals surface area contributed by atoms with E-state index in [1.54, 1.807) is 37.3 Å². The number of sulfonamides is 1. The molecule has 0 aliphatic carbocycles. The number of benzene rings is 1. The van der Waals surface area contributed by atoms with Gasteiger partial charge in [0.25, 0.3) is 10.0 Å². The fraction of sp³-hybridized carbons (Fsp3) is 0.591. The van der Waals surface area contributed by atoms with Crippen LogP contribution in [-0.4, -0.2) is 98.7 Å². The Balaban J connectivity index is 1.62. The van der Waals surface area contributed by atoms with Crippen LogP contribution in [0.2, 0.25) is 0 Å². The molecule has 188 valence electrons. The van der Waals surface area contributed by atoms with E-state index in [9.17, 15) is 29.0 Å². The van der Waals surface area contributed by atoms with Crippen LogP contribution in [0.4, 0.5) is 5.69 Å². The van der Waals surface area contributed by atoms with Crippen molar-refractivity contribution in [3.05, 3.63) is 34.7 Å². The molecule has 2 aliphatic rings. The Labute approximate surface area is 199 Å². The molecule has 3 rings (SSSR count). The molecule has 0 saturated carbocycles. The maximum Gasteiger partial charge on any atom is 0.251 e. The van der Waals surface area contributed by atoms with E-state index in [1.165, 1.54) is 6.08 Å². The normalized spacial score (nSPS) is 28.9. The van der Waals surface area contributed by atoms with Gasteiger partial charge in [-0.2, -0.15) is 9.98 Å². The summed E-state index contributed by atoms with van der Waals surface area (Å²) < 4.78 is 38.1. The van der Waals surface area contributed by atoms with Crippen LogP contribution in [-0.2, 0) is 19.5 Å². The van der Waals surface area contributed by atoms with Crippen LogP contribution >= 0.6 is 0 Å². The van der Waals surface area contributed by atoms with Crippen molar-refractivity contribution in [1.29, 1.82) is 5.26 Å². The molecule has 12 heteroatoms. The Morgan fingerprint density at radius 1 is 1.21 bits per heavy atom. The Morgan fingerprint density at radius 3 is 2.50 bits per heavy atom. The van der Waals surface area contributed by atoms with Gasteiger partial charge in [-0.05, 0) is 30.2 Å². The van der Waals surface area contributed by atoms with Crippen LogP contribution in [0.15, 0.2) is 29.2 Å². The third-order valence-electron chi connectivity index (χ3n) is 5.88. The molecule has 0 bridgehead atoms. The molecule has 0 spiro atoms. The van der Waals surface area contributed by atoms with E-state index in [2.05, 4.69) is 14.9 Å². The number of nitrogens with zero attached hydrogens (tertiary/aromatic N) is 2. The highest BCUT2D eigenvalue weighted by Gasteiger charge is 2.45. The van der Waals surface area contributed by atoms with E-state index < -0.39 is 45.6 Å². The van der Waals surface area contributed by atoms with Crippen molar-refractivity contribution in [2.75, 3.05) is 44.7 Å². The molecule has 34 heavy (non-hydrogen) atoms. The highest BCUT2D eigenvalue weighted by atomic mass is 32.2. The van der Waals surface area contributed by atoms with Crippen molar-refractivity contribution in [3.8, 4) is 6.07 Å². The van der Waals surface area contributed by atoms with Gasteiger partial charge >= 0.3 is 0 Å².